The molecule has 0 saturated carbocycles. The molecule has 0 atom stereocenters. The minimum absolute atomic E-state index is 0.0857. The molecule has 116 valence electrons. The van der Waals surface area contributed by atoms with Crippen LogP contribution in [0.5, 0.6) is 5.75 Å². The molecule has 0 bridgehead atoms. The molecule has 1 aromatic carbocycles. The van der Waals surface area contributed by atoms with E-state index in [2.05, 4.69) is 10.3 Å². The number of carboxylic acid groups (broad SMARTS) is 1. The maximum absolute atomic E-state index is 12.0. The van der Waals surface area contributed by atoms with E-state index in [4.69, 9.17) is 9.84 Å². The number of carbonyl (C=O) groups is 2. The summed E-state index contributed by atoms with van der Waals surface area (Å²) in [7, 11) is 0. The summed E-state index contributed by atoms with van der Waals surface area (Å²) in [4.78, 5) is 26.9. The number of hydrogen-bond acceptors (Lipinski definition) is 5. The van der Waals surface area contributed by atoms with Gasteiger partial charge in [0, 0.05) is 12.1 Å². The van der Waals surface area contributed by atoms with E-state index in [0.717, 1.165) is 5.01 Å². The topological polar surface area (TPSA) is 88.5 Å². The van der Waals surface area contributed by atoms with Crippen molar-refractivity contribution in [1.29, 1.82) is 0 Å². The number of aliphatic carboxylic acids is 1. The van der Waals surface area contributed by atoms with Gasteiger partial charge in [-0.2, -0.15) is 0 Å². The van der Waals surface area contributed by atoms with Gasteiger partial charge in [-0.05, 0) is 37.6 Å². The molecular formula is C15H16N2O4S. The predicted molar refractivity (Wildman–Crippen MR) is 83.6 cm³/mol. The summed E-state index contributed by atoms with van der Waals surface area (Å²) in [5, 5.41) is 12.1. The number of nitrogens with zero attached hydrogens (tertiary/aromatic N) is 1. The molecule has 2 rings (SSSR count). The van der Waals surface area contributed by atoms with E-state index in [0.29, 0.717) is 29.3 Å². The van der Waals surface area contributed by atoms with Crippen molar-refractivity contribution in [2.24, 2.45) is 0 Å². The Morgan fingerprint density at radius 3 is 2.64 bits per heavy atom. The second-order valence-electron chi connectivity index (χ2n) is 4.57. The van der Waals surface area contributed by atoms with Crippen LogP contribution in [0.15, 0.2) is 30.5 Å². The third-order valence-electron chi connectivity index (χ3n) is 2.76. The predicted octanol–water partition coefficient (Wildman–Crippen LogP) is 2.95. The van der Waals surface area contributed by atoms with E-state index in [1.54, 1.807) is 30.5 Å². The number of thiazole rings is 1. The molecule has 0 saturated heterocycles. The number of hydrogen-bond donors (Lipinski definition) is 2. The Kier molecular flexibility index (Phi) is 5.48. The first-order chi connectivity index (χ1) is 10.5. The third-order valence-corrected chi connectivity index (χ3v) is 3.67. The zero-order valence-corrected chi connectivity index (χ0v) is 12.9. The number of aryl methyl sites for hydroxylation is 1. The van der Waals surface area contributed by atoms with Crippen LogP contribution >= 0.6 is 11.3 Å². The highest BCUT2D eigenvalue weighted by Gasteiger charge is 2.09. The molecular weight excluding hydrogens is 304 g/mol. The highest BCUT2D eigenvalue weighted by atomic mass is 32.1. The molecule has 0 fully saturated rings. The highest BCUT2D eigenvalue weighted by molar-refractivity contribution is 7.13. The van der Waals surface area contributed by atoms with Crippen molar-refractivity contribution < 1.29 is 19.4 Å². The normalized spacial score (nSPS) is 10.2. The number of benzene rings is 1. The minimum Gasteiger partial charge on any atom is -0.494 e. The Bertz CT molecular complexity index is 652. The van der Waals surface area contributed by atoms with Crippen molar-refractivity contribution in [2.75, 3.05) is 11.9 Å². The number of rotatable bonds is 7. The van der Waals surface area contributed by atoms with Crippen molar-refractivity contribution in [3.63, 3.8) is 0 Å². The maximum atomic E-state index is 12.0. The van der Waals surface area contributed by atoms with Crippen LogP contribution in [0.25, 0.3) is 0 Å². The molecule has 22 heavy (non-hydrogen) atoms. The third kappa shape index (κ3) is 4.85. The van der Waals surface area contributed by atoms with Gasteiger partial charge in [0.1, 0.15) is 10.6 Å². The fourth-order valence-corrected chi connectivity index (χ4v) is 2.38. The van der Waals surface area contributed by atoms with Crippen molar-refractivity contribution in [2.45, 2.75) is 19.8 Å². The average molecular weight is 320 g/mol. The number of anilines is 1. The first kappa shape index (κ1) is 16.0. The van der Waals surface area contributed by atoms with Gasteiger partial charge in [-0.3, -0.25) is 9.59 Å². The first-order valence-corrected chi connectivity index (χ1v) is 7.54. The van der Waals surface area contributed by atoms with Crippen molar-refractivity contribution in [3.05, 3.63) is 40.3 Å². The van der Waals surface area contributed by atoms with Gasteiger partial charge in [0.25, 0.3) is 5.91 Å². The molecule has 6 nitrogen and oxygen atoms in total. The second-order valence-corrected chi connectivity index (χ2v) is 5.80. The molecule has 0 aliphatic carbocycles. The van der Waals surface area contributed by atoms with Crippen molar-refractivity contribution >= 4 is 28.9 Å². The van der Waals surface area contributed by atoms with E-state index in [-0.39, 0.29) is 12.3 Å². The summed E-state index contributed by atoms with van der Waals surface area (Å²) >= 11 is 1.34. The largest absolute Gasteiger partial charge is 0.494 e. The summed E-state index contributed by atoms with van der Waals surface area (Å²) in [6, 6.07) is 6.93. The fourth-order valence-electron chi connectivity index (χ4n) is 1.71. The van der Waals surface area contributed by atoms with Gasteiger partial charge in [0.05, 0.1) is 17.8 Å². The van der Waals surface area contributed by atoms with Crippen LogP contribution in [0, 0.1) is 6.92 Å². The summed E-state index contributed by atoms with van der Waals surface area (Å²) in [6.45, 7) is 2.19. The maximum Gasteiger partial charge on any atom is 0.303 e. The molecule has 7 heteroatoms. The Morgan fingerprint density at radius 1 is 1.32 bits per heavy atom. The van der Waals surface area contributed by atoms with Gasteiger partial charge in [-0.15, -0.1) is 11.3 Å². The lowest BCUT2D eigenvalue weighted by Gasteiger charge is -2.07. The number of carboxylic acids is 1. The van der Waals surface area contributed by atoms with E-state index >= 15 is 0 Å². The standard InChI is InChI=1S/C15H16N2O4S/c1-10-16-9-13(22-10)15(20)17-11-4-6-12(7-5-11)21-8-2-3-14(18)19/h4-7,9H,2-3,8H2,1H3,(H,17,20)(H,18,19). The Balaban J connectivity index is 1.84. The van der Waals surface area contributed by atoms with Gasteiger partial charge < -0.3 is 15.2 Å². The lowest BCUT2D eigenvalue weighted by Crippen LogP contribution is -2.10. The molecule has 1 aromatic heterocycles. The van der Waals surface area contributed by atoms with Crippen LogP contribution in [-0.2, 0) is 4.79 Å². The zero-order chi connectivity index (χ0) is 15.9. The minimum atomic E-state index is -0.833. The molecule has 0 aliphatic rings. The van der Waals surface area contributed by atoms with Gasteiger partial charge in [-0.1, -0.05) is 0 Å². The second kappa shape index (κ2) is 7.56. The highest BCUT2D eigenvalue weighted by Crippen LogP contribution is 2.18. The number of carbonyl (C=O) groups excluding carboxylic acids is 1. The van der Waals surface area contributed by atoms with Gasteiger partial charge in [0.15, 0.2) is 0 Å². The number of aromatic nitrogens is 1. The van der Waals surface area contributed by atoms with Gasteiger partial charge in [0.2, 0.25) is 0 Å². The quantitative estimate of drug-likeness (QED) is 0.766. The van der Waals surface area contributed by atoms with Gasteiger partial charge in [-0.25, -0.2) is 4.98 Å². The molecule has 0 aliphatic heterocycles. The lowest BCUT2D eigenvalue weighted by atomic mass is 10.3. The van der Waals surface area contributed by atoms with E-state index < -0.39 is 5.97 Å². The molecule has 1 amide bonds. The van der Waals surface area contributed by atoms with Crippen LogP contribution in [0.1, 0.15) is 27.5 Å². The van der Waals surface area contributed by atoms with Crippen LogP contribution in [0.4, 0.5) is 5.69 Å². The summed E-state index contributed by atoms with van der Waals surface area (Å²) in [6.07, 6.45) is 2.09. The molecule has 0 spiro atoms. The summed E-state index contributed by atoms with van der Waals surface area (Å²) in [5.74, 6) is -0.391. The number of nitrogens with one attached hydrogen (secondary N) is 1. The van der Waals surface area contributed by atoms with Crippen molar-refractivity contribution in [1.82, 2.24) is 4.98 Å². The molecule has 2 aromatic rings. The average Bonchev–Trinajstić information content (AvgIpc) is 2.92. The summed E-state index contributed by atoms with van der Waals surface area (Å²) < 4.78 is 5.42. The van der Waals surface area contributed by atoms with E-state index in [9.17, 15) is 9.59 Å². The van der Waals surface area contributed by atoms with Crippen molar-refractivity contribution in [3.8, 4) is 5.75 Å². The Morgan fingerprint density at radius 2 is 2.05 bits per heavy atom. The summed E-state index contributed by atoms with van der Waals surface area (Å²) in [5.41, 5.74) is 0.661. The van der Waals surface area contributed by atoms with Gasteiger partial charge >= 0.3 is 5.97 Å². The molecule has 1 heterocycles. The Hall–Kier alpha value is -2.41. The van der Waals surface area contributed by atoms with Crippen LogP contribution in [-0.4, -0.2) is 28.6 Å². The number of ether oxygens (including phenoxy) is 1. The SMILES string of the molecule is Cc1ncc(C(=O)Nc2ccc(OCCCC(=O)O)cc2)s1. The van der Waals surface area contributed by atoms with Crippen LogP contribution in [0.2, 0.25) is 0 Å². The van der Waals surface area contributed by atoms with E-state index in [1.807, 2.05) is 6.92 Å². The monoisotopic (exact) mass is 320 g/mol. The molecule has 0 radical (unpaired) electrons. The first-order valence-electron chi connectivity index (χ1n) is 6.73. The molecule has 0 unspecified atom stereocenters. The smallest absolute Gasteiger partial charge is 0.303 e. The zero-order valence-electron chi connectivity index (χ0n) is 12.0. The lowest BCUT2D eigenvalue weighted by molar-refractivity contribution is -0.137. The van der Waals surface area contributed by atoms with Crippen LogP contribution in [0.3, 0.4) is 0 Å². The van der Waals surface area contributed by atoms with Crippen LogP contribution < -0.4 is 10.1 Å². The number of amides is 1. The fraction of sp³-hybridized carbons (Fsp3) is 0.267. The molecule has 2 N–H and O–H groups in total. The van der Waals surface area contributed by atoms with E-state index in [1.165, 1.54) is 11.3 Å². The Labute approximate surface area is 131 Å².